The zero-order valence-corrected chi connectivity index (χ0v) is 10.9. The van der Waals surface area contributed by atoms with E-state index in [1.165, 1.54) is 0 Å². The van der Waals surface area contributed by atoms with E-state index in [2.05, 4.69) is 9.97 Å². The molecule has 0 bridgehead atoms. The second-order valence-electron chi connectivity index (χ2n) is 4.39. The normalized spacial score (nSPS) is 11.1. The summed E-state index contributed by atoms with van der Waals surface area (Å²) in [5, 5.41) is 9.79. The van der Waals surface area contributed by atoms with Gasteiger partial charge in [0.15, 0.2) is 0 Å². The standard InChI is InChI=1S/C13H17N3O2/c1-4-16-7-10(5-6-11(17)18)12-8(2)14-9(3)15-13(12)16/h7H,4-6H2,1-3H3,(H,17,18). The van der Waals surface area contributed by atoms with Crippen LogP contribution in [0.4, 0.5) is 0 Å². The Morgan fingerprint density at radius 3 is 2.72 bits per heavy atom. The van der Waals surface area contributed by atoms with E-state index in [-0.39, 0.29) is 6.42 Å². The number of hydrogen-bond donors (Lipinski definition) is 1. The van der Waals surface area contributed by atoms with E-state index in [0.717, 1.165) is 34.7 Å². The molecular formula is C13H17N3O2. The number of carbonyl (C=O) groups is 1. The fraction of sp³-hybridized carbons (Fsp3) is 0.462. The Labute approximate surface area is 105 Å². The zero-order valence-electron chi connectivity index (χ0n) is 10.9. The number of carboxylic acid groups (broad SMARTS) is 1. The van der Waals surface area contributed by atoms with E-state index in [9.17, 15) is 4.79 Å². The first-order valence-corrected chi connectivity index (χ1v) is 6.07. The number of carboxylic acids is 1. The monoisotopic (exact) mass is 247 g/mol. The maximum atomic E-state index is 10.7. The molecule has 2 rings (SSSR count). The Hall–Kier alpha value is -1.91. The lowest BCUT2D eigenvalue weighted by Crippen LogP contribution is -1.98. The van der Waals surface area contributed by atoms with Gasteiger partial charge in [0.25, 0.3) is 0 Å². The van der Waals surface area contributed by atoms with Gasteiger partial charge in [-0.25, -0.2) is 9.97 Å². The summed E-state index contributed by atoms with van der Waals surface area (Å²) < 4.78 is 2.05. The van der Waals surface area contributed by atoms with Crippen molar-refractivity contribution in [2.45, 2.75) is 40.2 Å². The molecule has 0 saturated heterocycles. The Morgan fingerprint density at radius 1 is 1.39 bits per heavy atom. The quantitative estimate of drug-likeness (QED) is 0.898. The van der Waals surface area contributed by atoms with Gasteiger partial charge in [-0.05, 0) is 32.8 Å². The first kappa shape index (κ1) is 12.5. The van der Waals surface area contributed by atoms with Crippen molar-refractivity contribution in [2.24, 2.45) is 0 Å². The number of rotatable bonds is 4. The summed E-state index contributed by atoms with van der Waals surface area (Å²) in [6, 6.07) is 0. The van der Waals surface area contributed by atoms with Gasteiger partial charge in [-0.15, -0.1) is 0 Å². The highest BCUT2D eigenvalue weighted by atomic mass is 16.4. The van der Waals surface area contributed by atoms with Crippen LogP contribution in [0.5, 0.6) is 0 Å². The minimum absolute atomic E-state index is 0.135. The number of fused-ring (bicyclic) bond motifs is 1. The SMILES string of the molecule is CCn1cc(CCC(=O)O)c2c(C)nc(C)nc21. The molecule has 0 amide bonds. The highest BCUT2D eigenvalue weighted by Crippen LogP contribution is 2.23. The van der Waals surface area contributed by atoms with Crippen LogP contribution in [0.1, 0.15) is 30.4 Å². The summed E-state index contributed by atoms with van der Waals surface area (Å²) in [6.07, 6.45) is 2.65. The van der Waals surface area contributed by atoms with Gasteiger partial charge in [0.1, 0.15) is 11.5 Å². The zero-order chi connectivity index (χ0) is 13.3. The lowest BCUT2D eigenvalue weighted by atomic mass is 10.1. The molecule has 2 aromatic heterocycles. The second-order valence-corrected chi connectivity index (χ2v) is 4.39. The van der Waals surface area contributed by atoms with Gasteiger partial charge in [-0.2, -0.15) is 0 Å². The summed E-state index contributed by atoms with van der Waals surface area (Å²) >= 11 is 0. The van der Waals surface area contributed by atoms with Crippen LogP contribution in [0.2, 0.25) is 0 Å². The minimum Gasteiger partial charge on any atom is -0.481 e. The highest BCUT2D eigenvalue weighted by molar-refractivity contribution is 5.83. The van der Waals surface area contributed by atoms with Crippen molar-refractivity contribution in [1.82, 2.24) is 14.5 Å². The predicted molar refractivity (Wildman–Crippen MR) is 68.6 cm³/mol. The van der Waals surface area contributed by atoms with Gasteiger partial charge in [-0.1, -0.05) is 0 Å². The van der Waals surface area contributed by atoms with Crippen LogP contribution in [0.15, 0.2) is 6.20 Å². The summed E-state index contributed by atoms with van der Waals surface area (Å²) in [6.45, 7) is 6.68. The smallest absolute Gasteiger partial charge is 0.303 e. The Kier molecular flexibility index (Phi) is 3.32. The maximum Gasteiger partial charge on any atom is 0.303 e. The van der Waals surface area contributed by atoms with Gasteiger partial charge in [-0.3, -0.25) is 4.79 Å². The fourth-order valence-electron chi connectivity index (χ4n) is 2.26. The van der Waals surface area contributed by atoms with Crippen molar-refractivity contribution in [3.05, 3.63) is 23.3 Å². The Morgan fingerprint density at radius 2 is 2.11 bits per heavy atom. The molecule has 0 saturated carbocycles. The molecule has 0 fully saturated rings. The Balaban J connectivity index is 2.56. The van der Waals surface area contributed by atoms with Gasteiger partial charge in [0.2, 0.25) is 0 Å². The van der Waals surface area contributed by atoms with E-state index in [1.54, 1.807) is 0 Å². The molecule has 1 N–H and O–H groups in total. The molecule has 0 radical (unpaired) electrons. The van der Waals surface area contributed by atoms with Crippen LogP contribution in [0, 0.1) is 13.8 Å². The molecule has 5 nitrogen and oxygen atoms in total. The first-order valence-electron chi connectivity index (χ1n) is 6.07. The van der Waals surface area contributed by atoms with Crippen molar-refractivity contribution in [3.8, 4) is 0 Å². The summed E-state index contributed by atoms with van der Waals surface area (Å²) in [4.78, 5) is 19.5. The van der Waals surface area contributed by atoms with Gasteiger partial charge in [0, 0.05) is 24.5 Å². The molecule has 96 valence electrons. The third kappa shape index (κ3) is 2.20. The van der Waals surface area contributed by atoms with E-state index in [4.69, 9.17) is 5.11 Å². The maximum absolute atomic E-state index is 10.7. The molecule has 5 heteroatoms. The first-order chi connectivity index (χ1) is 8.52. The largest absolute Gasteiger partial charge is 0.481 e. The molecule has 0 aliphatic rings. The predicted octanol–water partition coefficient (Wildman–Crippen LogP) is 2.09. The number of nitrogens with zero attached hydrogens (tertiary/aromatic N) is 3. The highest BCUT2D eigenvalue weighted by Gasteiger charge is 2.13. The molecule has 2 heterocycles. The number of aliphatic carboxylic acids is 1. The van der Waals surface area contributed by atoms with Crippen LogP contribution in [-0.4, -0.2) is 25.6 Å². The summed E-state index contributed by atoms with van der Waals surface area (Å²) in [7, 11) is 0. The molecule has 0 unspecified atom stereocenters. The molecule has 0 aliphatic heterocycles. The van der Waals surface area contributed by atoms with Crippen LogP contribution < -0.4 is 0 Å². The van der Waals surface area contributed by atoms with Crippen molar-refractivity contribution < 1.29 is 9.90 Å². The Bertz CT molecular complexity index is 602. The van der Waals surface area contributed by atoms with Crippen LogP contribution in [0.3, 0.4) is 0 Å². The van der Waals surface area contributed by atoms with Crippen LogP contribution >= 0.6 is 0 Å². The van der Waals surface area contributed by atoms with E-state index in [0.29, 0.717) is 6.42 Å². The second kappa shape index (κ2) is 4.76. The van der Waals surface area contributed by atoms with Gasteiger partial charge < -0.3 is 9.67 Å². The average molecular weight is 247 g/mol. The minimum atomic E-state index is -0.780. The lowest BCUT2D eigenvalue weighted by Gasteiger charge is -2.02. The topological polar surface area (TPSA) is 68.0 Å². The van der Waals surface area contributed by atoms with E-state index in [1.807, 2.05) is 31.5 Å². The van der Waals surface area contributed by atoms with Crippen molar-refractivity contribution >= 4 is 17.0 Å². The number of aromatic nitrogens is 3. The molecule has 0 aliphatic carbocycles. The van der Waals surface area contributed by atoms with Crippen LogP contribution in [-0.2, 0) is 17.8 Å². The summed E-state index contributed by atoms with van der Waals surface area (Å²) in [5.41, 5.74) is 2.85. The van der Waals surface area contributed by atoms with Crippen LogP contribution in [0.25, 0.3) is 11.0 Å². The van der Waals surface area contributed by atoms with E-state index >= 15 is 0 Å². The third-order valence-corrected chi connectivity index (χ3v) is 3.04. The van der Waals surface area contributed by atoms with Gasteiger partial charge >= 0.3 is 5.97 Å². The molecule has 0 atom stereocenters. The van der Waals surface area contributed by atoms with Gasteiger partial charge in [0.05, 0.1) is 5.69 Å². The van der Waals surface area contributed by atoms with Crippen molar-refractivity contribution in [2.75, 3.05) is 0 Å². The fourth-order valence-corrected chi connectivity index (χ4v) is 2.26. The number of hydrogen-bond acceptors (Lipinski definition) is 3. The molecular weight excluding hydrogens is 230 g/mol. The molecule has 0 aromatic carbocycles. The third-order valence-electron chi connectivity index (χ3n) is 3.04. The molecule has 2 aromatic rings. The molecule has 0 spiro atoms. The molecule has 18 heavy (non-hydrogen) atoms. The summed E-state index contributed by atoms with van der Waals surface area (Å²) in [5.74, 6) is -0.0318. The lowest BCUT2D eigenvalue weighted by molar-refractivity contribution is -0.136. The van der Waals surface area contributed by atoms with Crippen molar-refractivity contribution in [1.29, 1.82) is 0 Å². The van der Waals surface area contributed by atoms with Crippen molar-refractivity contribution in [3.63, 3.8) is 0 Å². The average Bonchev–Trinajstić information content (AvgIpc) is 2.64. The number of aryl methyl sites for hydroxylation is 4. The van der Waals surface area contributed by atoms with E-state index < -0.39 is 5.97 Å².